The summed E-state index contributed by atoms with van der Waals surface area (Å²) in [6, 6.07) is 8.50. The van der Waals surface area contributed by atoms with Crippen molar-refractivity contribution < 1.29 is 14.1 Å². The minimum atomic E-state index is -0.131. The summed E-state index contributed by atoms with van der Waals surface area (Å²) in [5.74, 6) is 1.83. The minimum absolute atomic E-state index is 0.131. The van der Waals surface area contributed by atoms with Gasteiger partial charge in [0.15, 0.2) is 11.5 Å². The van der Waals surface area contributed by atoms with Crippen molar-refractivity contribution in [3.63, 3.8) is 0 Å². The van der Waals surface area contributed by atoms with Crippen LogP contribution in [-0.4, -0.2) is 41.6 Å². The number of hydrazine groups is 1. The third-order valence-electron chi connectivity index (χ3n) is 6.15. The Bertz CT molecular complexity index is 845. The van der Waals surface area contributed by atoms with Crippen molar-refractivity contribution in [2.45, 2.75) is 58.2 Å². The van der Waals surface area contributed by atoms with E-state index in [4.69, 9.17) is 9.26 Å². The van der Waals surface area contributed by atoms with Crippen molar-refractivity contribution in [1.82, 2.24) is 20.9 Å². The summed E-state index contributed by atoms with van der Waals surface area (Å²) in [6.07, 6.45) is 4.97. The Labute approximate surface area is 171 Å². The fourth-order valence-electron chi connectivity index (χ4n) is 4.55. The fourth-order valence-corrected chi connectivity index (χ4v) is 4.55. The molecule has 3 unspecified atom stereocenters. The van der Waals surface area contributed by atoms with Crippen LogP contribution in [0.1, 0.15) is 53.1 Å². The van der Waals surface area contributed by atoms with Gasteiger partial charge in [-0.05, 0) is 43.7 Å². The Morgan fingerprint density at radius 3 is 2.79 bits per heavy atom. The lowest BCUT2D eigenvalue weighted by Crippen LogP contribution is -2.43. The molecule has 4 rings (SSSR count). The number of hydrogen-bond acceptors (Lipinski definition) is 6. The zero-order chi connectivity index (χ0) is 20.4. The SMILES string of the molecule is Cc1cccc(C)c1OCc1cc(C(=O)N(C)CC2NNC3CCCCC32)no1. The molecule has 1 saturated carbocycles. The topological polar surface area (TPSA) is 79.6 Å². The fraction of sp³-hybridized carbons (Fsp3) is 0.545. The molecule has 1 saturated heterocycles. The van der Waals surface area contributed by atoms with Gasteiger partial charge in [0.25, 0.3) is 5.91 Å². The van der Waals surface area contributed by atoms with Gasteiger partial charge in [0.1, 0.15) is 12.4 Å². The first-order chi connectivity index (χ1) is 14.0. The van der Waals surface area contributed by atoms with Crippen LogP contribution in [-0.2, 0) is 6.61 Å². The number of carbonyl (C=O) groups is 1. The quantitative estimate of drug-likeness (QED) is 0.779. The van der Waals surface area contributed by atoms with Crippen LogP contribution in [0.5, 0.6) is 5.75 Å². The van der Waals surface area contributed by atoms with Crippen molar-refractivity contribution in [3.05, 3.63) is 46.8 Å². The highest BCUT2D eigenvalue weighted by Crippen LogP contribution is 2.30. The highest BCUT2D eigenvalue weighted by atomic mass is 16.5. The van der Waals surface area contributed by atoms with Crippen molar-refractivity contribution in [1.29, 1.82) is 0 Å². The van der Waals surface area contributed by atoms with Crippen LogP contribution in [0.4, 0.5) is 0 Å². The first-order valence-electron chi connectivity index (χ1n) is 10.4. The molecule has 29 heavy (non-hydrogen) atoms. The molecule has 0 bridgehead atoms. The van der Waals surface area contributed by atoms with Gasteiger partial charge in [-0.3, -0.25) is 15.6 Å². The number of benzene rings is 1. The van der Waals surface area contributed by atoms with Crippen LogP contribution < -0.4 is 15.6 Å². The summed E-state index contributed by atoms with van der Waals surface area (Å²) in [5, 5.41) is 3.97. The van der Waals surface area contributed by atoms with Gasteiger partial charge in [0, 0.05) is 31.7 Å². The van der Waals surface area contributed by atoms with Gasteiger partial charge < -0.3 is 14.2 Å². The largest absolute Gasteiger partial charge is 0.485 e. The van der Waals surface area contributed by atoms with Gasteiger partial charge in [-0.15, -0.1) is 0 Å². The first-order valence-corrected chi connectivity index (χ1v) is 10.4. The van der Waals surface area contributed by atoms with E-state index in [9.17, 15) is 4.79 Å². The molecule has 2 fully saturated rings. The van der Waals surface area contributed by atoms with E-state index in [0.29, 0.717) is 30.0 Å². The van der Waals surface area contributed by atoms with E-state index in [0.717, 1.165) is 16.9 Å². The Hall–Kier alpha value is -2.38. The van der Waals surface area contributed by atoms with Crippen LogP contribution in [0.25, 0.3) is 0 Å². The Morgan fingerprint density at radius 1 is 1.24 bits per heavy atom. The molecule has 2 N–H and O–H groups in total. The zero-order valence-electron chi connectivity index (χ0n) is 17.4. The van der Waals surface area contributed by atoms with Crippen LogP contribution in [0, 0.1) is 19.8 Å². The number of nitrogens with one attached hydrogen (secondary N) is 2. The summed E-state index contributed by atoms with van der Waals surface area (Å²) in [7, 11) is 1.82. The average Bonchev–Trinajstić information content (AvgIpc) is 3.35. The lowest BCUT2D eigenvalue weighted by molar-refractivity contribution is 0.0762. The molecule has 7 heteroatoms. The average molecular weight is 399 g/mol. The summed E-state index contributed by atoms with van der Waals surface area (Å²) in [4.78, 5) is 14.5. The minimum Gasteiger partial charge on any atom is -0.485 e. The Kier molecular flexibility index (Phi) is 5.87. The molecule has 2 heterocycles. The van der Waals surface area contributed by atoms with Gasteiger partial charge in [0.2, 0.25) is 0 Å². The lowest BCUT2D eigenvalue weighted by atomic mass is 9.81. The maximum absolute atomic E-state index is 12.8. The normalized spacial score (nSPS) is 23.6. The Morgan fingerprint density at radius 2 is 2.00 bits per heavy atom. The number of amides is 1. The number of nitrogens with zero attached hydrogens (tertiary/aromatic N) is 2. The molecule has 0 spiro atoms. The predicted molar refractivity (Wildman–Crippen MR) is 110 cm³/mol. The summed E-state index contributed by atoms with van der Waals surface area (Å²) in [5.41, 5.74) is 9.24. The summed E-state index contributed by atoms with van der Waals surface area (Å²) >= 11 is 0. The molecule has 2 aromatic rings. The molecule has 156 valence electrons. The summed E-state index contributed by atoms with van der Waals surface area (Å²) in [6.45, 7) is 4.91. The smallest absolute Gasteiger partial charge is 0.275 e. The molecule has 1 aliphatic heterocycles. The molecule has 7 nitrogen and oxygen atoms in total. The third kappa shape index (κ3) is 4.31. The lowest BCUT2D eigenvalue weighted by Gasteiger charge is -2.29. The number of fused-ring (bicyclic) bond motifs is 1. The third-order valence-corrected chi connectivity index (χ3v) is 6.15. The molecule has 1 aromatic carbocycles. The van der Waals surface area contributed by atoms with E-state index in [1.165, 1.54) is 25.7 Å². The molecular weight excluding hydrogens is 368 g/mol. The molecule has 1 aromatic heterocycles. The Balaban J connectivity index is 1.34. The second kappa shape index (κ2) is 8.55. The zero-order valence-corrected chi connectivity index (χ0v) is 17.4. The van der Waals surface area contributed by atoms with Crippen LogP contribution in [0.3, 0.4) is 0 Å². The second-order valence-electron chi connectivity index (χ2n) is 8.32. The molecule has 3 atom stereocenters. The number of ether oxygens (including phenoxy) is 1. The predicted octanol–water partition coefficient (Wildman–Crippen LogP) is 2.98. The number of rotatable bonds is 6. The van der Waals surface area contributed by atoms with Crippen molar-refractivity contribution in [3.8, 4) is 5.75 Å². The van der Waals surface area contributed by atoms with E-state index in [2.05, 4.69) is 16.0 Å². The van der Waals surface area contributed by atoms with Crippen molar-refractivity contribution in [2.24, 2.45) is 5.92 Å². The number of para-hydroxylation sites is 1. The van der Waals surface area contributed by atoms with Gasteiger partial charge in [0.05, 0.1) is 0 Å². The van der Waals surface area contributed by atoms with E-state index in [1.807, 2.05) is 39.1 Å². The van der Waals surface area contributed by atoms with Crippen LogP contribution >= 0.6 is 0 Å². The molecular formula is C22H30N4O3. The highest BCUT2D eigenvalue weighted by Gasteiger charge is 2.38. The maximum atomic E-state index is 12.8. The van der Waals surface area contributed by atoms with Crippen molar-refractivity contribution in [2.75, 3.05) is 13.6 Å². The van der Waals surface area contributed by atoms with Gasteiger partial charge in [-0.1, -0.05) is 36.2 Å². The van der Waals surface area contributed by atoms with Gasteiger partial charge >= 0.3 is 0 Å². The molecule has 1 aliphatic carbocycles. The standard InChI is InChI=1S/C22H30N4O3/c1-14-7-6-8-15(2)21(14)28-13-16-11-19(25-29-16)22(27)26(3)12-20-17-9-4-5-10-18(17)23-24-20/h6-8,11,17-18,20,23-24H,4-5,9-10,12-13H2,1-3H3. The van der Waals surface area contributed by atoms with Crippen LogP contribution in [0.15, 0.2) is 28.8 Å². The number of likely N-dealkylation sites (N-methyl/N-ethyl adjacent to an activating group) is 1. The van der Waals surface area contributed by atoms with E-state index in [1.54, 1.807) is 11.0 Å². The second-order valence-corrected chi connectivity index (χ2v) is 8.32. The van der Waals surface area contributed by atoms with Crippen LogP contribution in [0.2, 0.25) is 0 Å². The number of hydrogen-bond donors (Lipinski definition) is 2. The number of aromatic nitrogens is 1. The monoisotopic (exact) mass is 398 g/mol. The molecule has 2 aliphatic rings. The van der Waals surface area contributed by atoms with E-state index < -0.39 is 0 Å². The first kappa shape index (κ1) is 19.9. The maximum Gasteiger partial charge on any atom is 0.275 e. The summed E-state index contributed by atoms with van der Waals surface area (Å²) < 4.78 is 11.2. The number of aryl methyl sites for hydroxylation is 2. The van der Waals surface area contributed by atoms with Crippen molar-refractivity contribution >= 4 is 5.91 Å². The van der Waals surface area contributed by atoms with E-state index >= 15 is 0 Å². The number of carbonyl (C=O) groups excluding carboxylic acids is 1. The van der Waals surface area contributed by atoms with Gasteiger partial charge in [-0.25, -0.2) is 0 Å². The molecule has 0 radical (unpaired) electrons. The van der Waals surface area contributed by atoms with Gasteiger partial charge in [-0.2, -0.15) is 0 Å². The van der Waals surface area contributed by atoms with E-state index in [-0.39, 0.29) is 18.6 Å². The molecule has 1 amide bonds. The highest BCUT2D eigenvalue weighted by molar-refractivity contribution is 5.92.